The van der Waals surface area contributed by atoms with Gasteiger partial charge < -0.3 is 0 Å². The molecule has 0 heteroatoms. The SMILES string of the molecule is CC.CC(C)CC1CCCC1. The van der Waals surface area contributed by atoms with E-state index in [2.05, 4.69) is 13.8 Å². The van der Waals surface area contributed by atoms with Gasteiger partial charge in [0.25, 0.3) is 0 Å². The molecule has 0 unspecified atom stereocenters. The van der Waals surface area contributed by atoms with Crippen LogP contribution >= 0.6 is 0 Å². The van der Waals surface area contributed by atoms with Gasteiger partial charge in [-0.2, -0.15) is 0 Å². The summed E-state index contributed by atoms with van der Waals surface area (Å²) in [5, 5.41) is 0. The zero-order valence-corrected chi connectivity index (χ0v) is 8.69. The van der Waals surface area contributed by atoms with Crippen LogP contribution in [-0.4, -0.2) is 0 Å². The van der Waals surface area contributed by atoms with Gasteiger partial charge in [0.15, 0.2) is 0 Å². The monoisotopic (exact) mass is 156 g/mol. The van der Waals surface area contributed by atoms with Crippen LogP contribution in [0, 0.1) is 11.8 Å². The first-order valence-electron chi connectivity index (χ1n) is 5.29. The first kappa shape index (κ1) is 11.0. The number of rotatable bonds is 2. The molecule has 0 saturated heterocycles. The van der Waals surface area contributed by atoms with Gasteiger partial charge in [-0.3, -0.25) is 0 Å². The molecule has 1 rings (SSSR count). The van der Waals surface area contributed by atoms with E-state index in [-0.39, 0.29) is 0 Å². The predicted octanol–water partition coefficient (Wildman–Crippen LogP) is 4.25. The fourth-order valence-corrected chi connectivity index (χ4v) is 1.91. The van der Waals surface area contributed by atoms with Gasteiger partial charge in [0.1, 0.15) is 0 Å². The molecular formula is C11H24. The average molecular weight is 156 g/mol. The summed E-state index contributed by atoms with van der Waals surface area (Å²) in [6, 6.07) is 0. The summed E-state index contributed by atoms with van der Waals surface area (Å²) in [6.07, 6.45) is 7.49. The maximum Gasteiger partial charge on any atom is -0.0412 e. The van der Waals surface area contributed by atoms with Crippen LogP contribution in [0.15, 0.2) is 0 Å². The Bertz CT molecular complexity index is 68.1. The maximum absolute atomic E-state index is 2.33. The van der Waals surface area contributed by atoms with Crippen LogP contribution in [0.5, 0.6) is 0 Å². The van der Waals surface area contributed by atoms with Gasteiger partial charge in [-0.1, -0.05) is 53.4 Å². The van der Waals surface area contributed by atoms with Crippen molar-refractivity contribution in [1.29, 1.82) is 0 Å². The van der Waals surface area contributed by atoms with Gasteiger partial charge >= 0.3 is 0 Å². The third kappa shape index (κ3) is 5.29. The highest BCUT2D eigenvalue weighted by molar-refractivity contribution is 4.67. The molecule has 0 aliphatic heterocycles. The largest absolute Gasteiger partial charge is 0.0683 e. The molecule has 1 fully saturated rings. The summed E-state index contributed by atoms with van der Waals surface area (Å²) >= 11 is 0. The van der Waals surface area contributed by atoms with Crippen molar-refractivity contribution in [3.05, 3.63) is 0 Å². The minimum absolute atomic E-state index is 0.924. The highest BCUT2D eigenvalue weighted by atomic mass is 14.2. The lowest BCUT2D eigenvalue weighted by Crippen LogP contribution is -1.98. The molecule has 1 aliphatic carbocycles. The van der Waals surface area contributed by atoms with E-state index in [1.54, 1.807) is 0 Å². The summed E-state index contributed by atoms with van der Waals surface area (Å²) in [4.78, 5) is 0. The van der Waals surface area contributed by atoms with Crippen molar-refractivity contribution >= 4 is 0 Å². The number of hydrogen-bond acceptors (Lipinski definition) is 0. The minimum Gasteiger partial charge on any atom is -0.0683 e. The minimum atomic E-state index is 0.924. The molecule has 68 valence electrons. The molecule has 0 heterocycles. The molecule has 0 bridgehead atoms. The van der Waals surface area contributed by atoms with Crippen molar-refractivity contribution in [1.82, 2.24) is 0 Å². The molecule has 11 heavy (non-hydrogen) atoms. The lowest BCUT2D eigenvalue weighted by atomic mass is 9.96. The zero-order chi connectivity index (χ0) is 8.69. The number of hydrogen-bond donors (Lipinski definition) is 0. The fourth-order valence-electron chi connectivity index (χ4n) is 1.91. The normalized spacial score (nSPS) is 18.3. The van der Waals surface area contributed by atoms with Crippen molar-refractivity contribution in [2.75, 3.05) is 0 Å². The highest BCUT2D eigenvalue weighted by Gasteiger charge is 2.15. The molecular weight excluding hydrogens is 132 g/mol. The van der Waals surface area contributed by atoms with Crippen LogP contribution in [0.2, 0.25) is 0 Å². The van der Waals surface area contributed by atoms with E-state index < -0.39 is 0 Å². The van der Waals surface area contributed by atoms with Gasteiger partial charge in [0.05, 0.1) is 0 Å². The second-order valence-corrected chi connectivity index (χ2v) is 3.78. The van der Waals surface area contributed by atoms with Crippen LogP contribution in [0.25, 0.3) is 0 Å². The Kier molecular flexibility index (Phi) is 6.69. The van der Waals surface area contributed by atoms with Crippen molar-refractivity contribution in [3.8, 4) is 0 Å². The van der Waals surface area contributed by atoms with Gasteiger partial charge in [0.2, 0.25) is 0 Å². The van der Waals surface area contributed by atoms with Crippen molar-refractivity contribution in [2.24, 2.45) is 11.8 Å². The molecule has 0 N–H and O–H groups in total. The summed E-state index contributed by atoms with van der Waals surface area (Å²) in [5.41, 5.74) is 0. The average Bonchev–Trinajstić information content (AvgIpc) is 2.43. The lowest BCUT2D eigenvalue weighted by molar-refractivity contribution is 0.419. The van der Waals surface area contributed by atoms with E-state index in [0.29, 0.717) is 0 Å². The Balaban J connectivity index is 0.000000461. The summed E-state index contributed by atoms with van der Waals surface area (Å²) in [7, 11) is 0. The lowest BCUT2D eigenvalue weighted by Gasteiger charge is -2.10. The van der Waals surface area contributed by atoms with Crippen LogP contribution in [0.4, 0.5) is 0 Å². The van der Waals surface area contributed by atoms with Crippen molar-refractivity contribution < 1.29 is 0 Å². The Morgan fingerprint density at radius 1 is 1.09 bits per heavy atom. The second kappa shape index (κ2) is 6.69. The smallest absolute Gasteiger partial charge is 0.0412 e. The first-order chi connectivity index (χ1) is 5.29. The molecule has 1 saturated carbocycles. The fraction of sp³-hybridized carbons (Fsp3) is 1.00. The Morgan fingerprint density at radius 3 is 1.91 bits per heavy atom. The van der Waals surface area contributed by atoms with Crippen molar-refractivity contribution in [3.63, 3.8) is 0 Å². The molecule has 0 atom stereocenters. The molecule has 0 nitrogen and oxygen atoms in total. The molecule has 0 aromatic heterocycles. The zero-order valence-electron chi connectivity index (χ0n) is 8.69. The van der Waals surface area contributed by atoms with E-state index in [0.717, 1.165) is 11.8 Å². The molecule has 1 aliphatic rings. The van der Waals surface area contributed by atoms with Gasteiger partial charge in [0, 0.05) is 0 Å². The molecule has 0 radical (unpaired) electrons. The molecule has 0 spiro atoms. The maximum atomic E-state index is 2.33. The van der Waals surface area contributed by atoms with E-state index in [1.165, 1.54) is 32.1 Å². The Labute approximate surface area is 72.4 Å². The molecule has 0 aromatic rings. The van der Waals surface area contributed by atoms with Gasteiger partial charge in [-0.25, -0.2) is 0 Å². The molecule has 0 amide bonds. The van der Waals surface area contributed by atoms with Gasteiger partial charge in [-0.05, 0) is 18.3 Å². The van der Waals surface area contributed by atoms with E-state index in [4.69, 9.17) is 0 Å². The molecule has 0 aromatic carbocycles. The van der Waals surface area contributed by atoms with Crippen molar-refractivity contribution in [2.45, 2.75) is 59.8 Å². The van der Waals surface area contributed by atoms with Crippen LogP contribution in [0.3, 0.4) is 0 Å². The van der Waals surface area contributed by atoms with Gasteiger partial charge in [-0.15, -0.1) is 0 Å². The van der Waals surface area contributed by atoms with Crippen LogP contribution in [0.1, 0.15) is 59.8 Å². The highest BCUT2D eigenvalue weighted by Crippen LogP contribution is 2.29. The first-order valence-corrected chi connectivity index (χ1v) is 5.29. The Morgan fingerprint density at radius 2 is 1.55 bits per heavy atom. The quantitative estimate of drug-likeness (QED) is 0.560. The van der Waals surface area contributed by atoms with E-state index in [9.17, 15) is 0 Å². The third-order valence-corrected chi connectivity index (χ3v) is 2.28. The van der Waals surface area contributed by atoms with E-state index in [1.807, 2.05) is 13.8 Å². The van der Waals surface area contributed by atoms with E-state index >= 15 is 0 Å². The Hall–Kier alpha value is 0. The van der Waals surface area contributed by atoms with Crippen LogP contribution < -0.4 is 0 Å². The standard InChI is InChI=1S/C9H18.C2H6/c1-8(2)7-9-5-3-4-6-9;1-2/h8-9H,3-7H2,1-2H3;1-2H3. The predicted molar refractivity (Wildman–Crippen MR) is 52.8 cm³/mol. The van der Waals surface area contributed by atoms with Crippen LogP contribution in [-0.2, 0) is 0 Å². The summed E-state index contributed by atoms with van der Waals surface area (Å²) < 4.78 is 0. The second-order valence-electron chi connectivity index (χ2n) is 3.78. The summed E-state index contributed by atoms with van der Waals surface area (Å²) in [5.74, 6) is 2.01. The third-order valence-electron chi connectivity index (χ3n) is 2.28. The topological polar surface area (TPSA) is 0 Å². The summed E-state index contributed by atoms with van der Waals surface area (Å²) in [6.45, 7) is 8.66.